The maximum Gasteiger partial charge on any atom is 0.224 e. The van der Waals surface area contributed by atoms with Crippen molar-refractivity contribution in [2.75, 3.05) is 23.3 Å². The molecule has 1 aromatic heterocycles. The number of fused-ring (bicyclic) bond motifs is 1. The second-order valence-electron chi connectivity index (χ2n) is 5.31. The number of aryl methyl sites for hydroxylation is 1. The summed E-state index contributed by atoms with van der Waals surface area (Å²) < 4.78 is 0. The van der Waals surface area contributed by atoms with Gasteiger partial charge < -0.3 is 10.2 Å². The second kappa shape index (κ2) is 5.90. The molecular weight excluding hydrogens is 284 g/mol. The van der Waals surface area contributed by atoms with E-state index >= 15 is 0 Å². The Hall–Kier alpha value is -1.81. The Labute approximate surface area is 130 Å². The number of hydrogen-bond donors (Lipinski definition) is 1. The van der Waals surface area contributed by atoms with Gasteiger partial charge in [-0.05, 0) is 43.5 Å². The number of benzene rings is 1. The van der Waals surface area contributed by atoms with Crippen LogP contribution in [0.1, 0.15) is 23.7 Å². The summed E-state index contributed by atoms with van der Waals surface area (Å²) in [4.78, 5) is 11.3. The maximum atomic E-state index is 6.06. The van der Waals surface area contributed by atoms with Gasteiger partial charge in [0.2, 0.25) is 5.95 Å². The molecule has 2 aromatic rings. The molecule has 0 spiro atoms. The van der Waals surface area contributed by atoms with E-state index in [2.05, 4.69) is 32.3 Å². The van der Waals surface area contributed by atoms with Crippen molar-refractivity contribution in [3.05, 3.63) is 46.1 Å². The van der Waals surface area contributed by atoms with Crippen LogP contribution in [0.4, 0.5) is 11.8 Å². The van der Waals surface area contributed by atoms with Crippen LogP contribution < -0.4 is 10.2 Å². The first-order chi connectivity index (χ1) is 10.2. The number of rotatable bonds is 3. The largest absolute Gasteiger partial charge is 0.354 e. The monoisotopic (exact) mass is 302 g/mol. The van der Waals surface area contributed by atoms with Crippen LogP contribution in [-0.2, 0) is 13.0 Å². The molecule has 2 heterocycles. The molecule has 0 saturated heterocycles. The van der Waals surface area contributed by atoms with Crippen molar-refractivity contribution in [1.29, 1.82) is 0 Å². The normalized spacial score (nSPS) is 14.0. The van der Waals surface area contributed by atoms with Gasteiger partial charge >= 0.3 is 0 Å². The minimum Gasteiger partial charge on any atom is -0.354 e. The maximum absolute atomic E-state index is 6.06. The van der Waals surface area contributed by atoms with E-state index in [1.807, 2.05) is 26.0 Å². The lowest BCUT2D eigenvalue weighted by molar-refractivity contribution is 0.719. The summed E-state index contributed by atoms with van der Waals surface area (Å²) in [5, 5.41) is 4.00. The van der Waals surface area contributed by atoms with Crippen LogP contribution in [0, 0.1) is 6.92 Å². The van der Waals surface area contributed by atoms with Crippen molar-refractivity contribution in [3.63, 3.8) is 0 Å². The Morgan fingerprint density at radius 2 is 2.10 bits per heavy atom. The Bertz CT molecular complexity index is 657. The third-order valence-electron chi connectivity index (χ3n) is 3.68. The van der Waals surface area contributed by atoms with E-state index in [0.29, 0.717) is 5.95 Å². The first kappa shape index (κ1) is 14.1. The third-order valence-corrected chi connectivity index (χ3v) is 3.92. The smallest absolute Gasteiger partial charge is 0.224 e. The summed E-state index contributed by atoms with van der Waals surface area (Å²) >= 11 is 6.06. The van der Waals surface area contributed by atoms with Crippen molar-refractivity contribution in [3.8, 4) is 0 Å². The molecule has 0 amide bonds. The Morgan fingerprint density at radius 1 is 1.24 bits per heavy atom. The quantitative estimate of drug-likeness (QED) is 0.943. The van der Waals surface area contributed by atoms with E-state index in [4.69, 9.17) is 11.6 Å². The highest BCUT2D eigenvalue weighted by atomic mass is 35.5. The van der Waals surface area contributed by atoms with Gasteiger partial charge in [-0.3, -0.25) is 0 Å². The van der Waals surface area contributed by atoms with E-state index in [1.54, 1.807) is 0 Å². The molecule has 1 aliphatic heterocycles. The molecule has 0 atom stereocenters. The number of nitrogens with zero attached hydrogens (tertiary/aromatic N) is 3. The summed E-state index contributed by atoms with van der Waals surface area (Å²) in [5.74, 6) is 1.69. The Morgan fingerprint density at radius 3 is 2.90 bits per heavy atom. The average molecular weight is 303 g/mol. The molecule has 3 rings (SSSR count). The summed E-state index contributed by atoms with van der Waals surface area (Å²) in [6.07, 6.45) is 0.996. The van der Waals surface area contributed by atoms with Gasteiger partial charge in [0.25, 0.3) is 0 Å². The van der Waals surface area contributed by atoms with Gasteiger partial charge in [0, 0.05) is 36.4 Å². The van der Waals surface area contributed by atoms with Crippen LogP contribution in [0.15, 0.2) is 24.3 Å². The van der Waals surface area contributed by atoms with Crippen LogP contribution in [0.25, 0.3) is 0 Å². The zero-order valence-electron chi connectivity index (χ0n) is 12.4. The van der Waals surface area contributed by atoms with Gasteiger partial charge in [0.1, 0.15) is 5.82 Å². The van der Waals surface area contributed by atoms with E-state index in [0.717, 1.165) is 42.6 Å². The molecule has 110 valence electrons. The van der Waals surface area contributed by atoms with Gasteiger partial charge in [-0.25, -0.2) is 4.98 Å². The summed E-state index contributed by atoms with van der Waals surface area (Å²) in [6, 6.07) is 8.19. The standard InChI is InChI=1S/C16H19ClN4/c1-3-18-16-19-11(2)8-15(20-16)21-7-6-12-9-14(17)5-4-13(12)10-21/h4-5,8-9H,3,6-7,10H2,1-2H3,(H,18,19,20). The van der Waals surface area contributed by atoms with Crippen LogP contribution in [0.2, 0.25) is 5.02 Å². The second-order valence-corrected chi connectivity index (χ2v) is 5.74. The fourth-order valence-electron chi connectivity index (χ4n) is 2.67. The van der Waals surface area contributed by atoms with E-state index in [9.17, 15) is 0 Å². The first-order valence-electron chi connectivity index (χ1n) is 7.27. The van der Waals surface area contributed by atoms with Crippen LogP contribution in [0.3, 0.4) is 0 Å². The molecule has 5 heteroatoms. The topological polar surface area (TPSA) is 41.1 Å². The lowest BCUT2D eigenvalue weighted by atomic mass is 10.00. The molecule has 1 N–H and O–H groups in total. The van der Waals surface area contributed by atoms with Crippen LogP contribution in [0.5, 0.6) is 0 Å². The molecule has 0 radical (unpaired) electrons. The Balaban J connectivity index is 1.87. The Kier molecular flexibility index (Phi) is 3.97. The van der Waals surface area contributed by atoms with Crippen molar-refractivity contribution < 1.29 is 0 Å². The summed E-state index contributed by atoms with van der Waals surface area (Å²) in [7, 11) is 0. The number of hydrogen-bond acceptors (Lipinski definition) is 4. The molecule has 0 saturated carbocycles. The third kappa shape index (κ3) is 3.10. The molecule has 0 bridgehead atoms. The number of nitrogens with one attached hydrogen (secondary N) is 1. The van der Waals surface area contributed by atoms with Crippen molar-refractivity contribution in [2.45, 2.75) is 26.8 Å². The molecular formula is C16H19ClN4. The highest BCUT2D eigenvalue weighted by Crippen LogP contribution is 2.26. The van der Waals surface area contributed by atoms with Gasteiger partial charge in [0.15, 0.2) is 0 Å². The molecule has 0 aliphatic carbocycles. The lowest BCUT2D eigenvalue weighted by Gasteiger charge is -2.30. The highest BCUT2D eigenvalue weighted by Gasteiger charge is 2.18. The number of anilines is 2. The molecule has 1 aromatic carbocycles. The van der Waals surface area contributed by atoms with Gasteiger partial charge in [0.05, 0.1) is 0 Å². The predicted molar refractivity (Wildman–Crippen MR) is 87.1 cm³/mol. The van der Waals surface area contributed by atoms with E-state index in [1.165, 1.54) is 11.1 Å². The van der Waals surface area contributed by atoms with E-state index in [-0.39, 0.29) is 0 Å². The zero-order chi connectivity index (χ0) is 14.8. The fourth-order valence-corrected chi connectivity index (χ4v) is 2.86. The summed E-state index contributed by atoms with van der Waals surface area (Å²) in [6.45, 7) is 6.70. The minimum absolute atomic E-state index is 0.703. The van der Waals surface area contributed by atoms with Crippen molar-refractivity contribution in [2.24, 2.45) is 0 Å². The van der Waals surface area contributed by atoms with Crippen LogP contribution >= 0.6 is 11.6 Å². The lowest BCUT2D eigenvalue weighted by Crippen LogP contribution is -2.31. The number of aromatic nitrogens is 2. The minimum atomic E-state index is 0.703. The highest BCUT2D eigenvalue weighted by molar-refractivity contribution is 6.30. The fraction of sp³-hybridized carbons (Fsp3) is 0.375. The van der Waals surface area contributed by atoms with Crippen molar-refractivity contribution in [1.82, 2.24) is 9.97 Å². The van der Waals surface area contributed by atoms with E-state index < -0.39 is 0 Å². The molecule has 4 nitrogen and oxygen atoms in total. The number of halogens is 1. The van der Waals surface area contributed by atoms with Crippen molar-refractivity contribution >= 4 is 23.4 Å². The zero-order valence-corrected chi connectivity index (χ0v) is 13.1. The first-order valence-corrected chi connectivity index (χ1v) is 7.65. The average Bonchev–Trinajstić information content (AvgIpc) is 2.46. The SMILES string of the molecule is CCNc1nc(C)cc(N2CCc3cc(Cl)ccc3C2)n1. The predicted octanol–water partition coefficient (Wildman–Crippen LogP) is 3.43. The molecule has 1 aliphatic rings. The van der Waals surface area contributed by atoms with Gasteiger partial charge in [-0.15, -0.1) is 0 Å². The summed E-state index contributed by atoms with van der Waals surface area (Å²) in [5.41, 5.74) is 3.65. The molecule has 0 fully saturated rings. The van der Waals surface area contributed by atoms with Gasteiger partial charge in [-0.1, -0.05) is 17.7 Å². The van der Waals surface area contributed by atoms with Crippen LogP contribution in [-0.4, -0.2) is 23.1 Å². The molecule has 21 heavy (non-hydrogen) atoms. The van der Waals surface area contributed by atoms with Gasteiger partial charge in [-0.2, -0.15) is 4.98 Å². The molecule has 0 unspecified atom stereocenters.